The van der Waals surface area contributed by atoms with Gasteiger partial charge in [0.2, 0.25) is 0 Å². The Hall–Kier alpha value is -0.930. The van der Waals surface area contributed by atoms with Gasteiger partial charge in [0.1, 0.15) is 0 Å². The van der Waals surface area contributed by atoms with Crippen molar-refractivity contribution in [2.24, 2.45) is 11.1 Å². The van der Waals surface area contributed by atoms with Crippen LogP contribution in [0.3, 0.4) is 0 Å². The fraction of sp³-hybridized carbons (Fsp3) is 0.571. The molecule has 1 spiro atoms. The molecule has 0 bridgehead atoms. The highest BCUT2D eigenvalue weighted by molar-refractivity contribution is 6.32. The van der Waals surface area contributed by atoms with Crippen molar-refractivity contribution < 1.29 is 9.47 Å². The molecule has 4 heteroatoms. The zero-order valence-electron chi connectivity index (χ0n) is 10.2. The van der Waals surface area contributed by atoms with Crippen LogP contribution >= 0.6 is 11.6 Å². The van der Waals surface area contributed by atoms with Crippen LogP contribution in [0, 0.1) is 5.41 Å². The number of benzene rings is 1. The molecule has 2 saturated carbocycles. The second-order valence-corrected chi connectivity index (χ2v) is 6.43. The Balaban J connectivity index is 1.73. The van der Waals surface area contributed by atoms with Crippen molar-refractivity contribution >= 4 is 11.6 Å². The summed E-state index contributed by atoms with van der Waals surface area (Å²) in [5, 5.41) is 0.622. The van der Waals surface area contributed by atoms with E-state index < -0.39 is 0 Å². The second kappa shape index (κ2) is 3.34. The van der Waals surface area contributed by atoms with Crippen LogP contribution in [-0.2, 0) is 5.54 Å². The minimum Gasteiger partial charge on any atom is -0.489 e. The molecule has 1 aromatic carbocycles. The number of ether oxygens (including phenoxy) is 2. The van der Waals surface area contributed by atoms with E-state index in [4.69, 9.17) is 26.8 Å². The van der Waals surface area contributed by atoms with Crippen molar-refractivity contribution in [2.45, 2.75) is 31.2 Å². The summed E-state index contributed by atoms with van der Waals surface area (Å²) in [6.45, 7) is 1.45. The van der Waals surface area contributed by atoms with Crippen molar-refractivity contribution in [3.05, 3.63) is 22.7 Å². The Morgan fingerprint density at radius 1 is 1.06 bits per heavy atom. The van der Waals surface area contributed by atoms with Gasteiger partial charge in [-0.25, -0.2) is 0 Å². The summed E-state index contributed by atoms with van der Waals surface area (Å²) in [5.41, 5.74) is 7.34. The van der Waals surface area contributed by atoms with E-state index >= 15 is 0 Å². The zero-order valence-corrected chi connectivity index (χ0v) is 10.9. The van der Waals surface area contributed by atoms with Crippen molar-refractivity contribution in [1.29, 1.82) is 0 Å². The van der Waals surface area contributed by atoms with Gasteiger partial charge in [-0.15, -0.1) is 0 Å². The number of halogens is 1. The summed E-state index contributed by atoms with van der Waals surface area (Å²) in [6.07, 6.45) is 4.42. The lowest BCUT2D eigenvalue weighted by Gasteiger charge is -2.14. The summed E-state index contributed by atoms with van der Waals surface area (Å²) in [7, 11) is 0. The lowest BCUT2D eigenvalue weighted by molar-refractivity contribution is 0.197. The smallest absolute Gasteiger partial charge is 0.179 e. The zero-order chi connectivity index (χ0) is 12.4. The molecule has 0 amide bonds. The largest absolute Gasteiger partial charge is 0.489 e. The molecular formula is C14H16ClNO2. The van der Waals surface area contributed by atoms with Gasteiger partial charge in [-0.2, -0.15) is 0 Å². The van der Waals surface area contributed by atoms with Crippen LogP contribution in [0.15, 0.2) is 12.1 Å². The Morgan fingerprint density at radius 3 is 2.44 bits per heavy atom. The van der Waals surface area contributed by atoms with Gasteiger partial charge in [-0.1, -0.05) is 11.6 Å². The summed E-state index contributed by atoms with van der Waals surface area (Å²) in [5.74, 6) is 1.45. The highest BCUT2D eigenvalue weighted by atomic mass is 35.5. The third kappa shape index (κ3) is 1.61. The molecule has 1 aromatic rings. The lowest BCUT2D eigenvalue weighted by Crippen LogP contribution is -2.18. The van der Waals surface area contributed by atoms with E-state index in [1.807, 2.05) is 12.1 Å². The number of nitrogens with two attached hydrogens (primary N) is 1. The second-order valence-electron chi connectivity index (χ2n) is 6.02. The average molecular weight is 266 g/mol. The molecule has 18 heavy (non-hydrogen) atoms. The summed E-state index contributed by atoms with van der Waals surface area (Å²) in [4.78, 5) is 0. The SMILES string of the molecule is NC1(c2cc(Cl)c3c(c2)OCC2(CC2)CO3)CC1. The van der Waals surface area contributed by atoms with Gasteiger partial charge in [0.05, 0.1) is 18.2 Å². The molecule has 0 unspecified atom stereocenters. The molecule has 3 nitrogen and oxygen atoms in total. The molecular weight excluding hydrogens is 250 g/mol. The molecule has 96 valence electrons. The molecule has 2 aliphatic carbocycles. The summed E-state index contributed by atoms with van der Waals surface area (Å²) < 4.78 is 11.8. The summed E-state index contributed by atoms with van der Waals surface area (Å²) in [6, 6.07) is 3.94. The first-order chi connectivity index (χ1) is 8.60. The fourth-order valence-electron chi connectivity index (χ4n) is 2.49. The number of rotatable bonds is 1. The van der Waals surface area contributed by atoms with Crippen LogP contribution in [0.1, 0.15) is 31.2 Å². The first-order valence-electron chi connectivity index (χ1n) is 6.49. The maximum Gasteiger partial charge on any atom is 0.179 e. The highest BCUT2D eigenvalue weighted by Gasteiger charge is 2.47. The molecule has 1 aliphatic heterocycles. The first-order valence-corrected chi connectivity index (χ1v) is 6.87. The lowest BCUT2D eigenvalue weighted by atomic mass is 10.1. The van der Waals surface area contributed by atoms with E-state index in [2.05, 4.69) is 0 Å². The van der Waals surface area contributed by atoms with Gasteiger partial charge in [0.25, 0.3) is 0 Å². The average Bonchev–Trinajstić information content (AvgIpc) is 3.23. The molecule has 0 aromatic heterocycles. The quantitative estimate of drug-likeness (QED) is 0.849. The Kier molecular flexibility index (Phi) is 2.03. The normalized spacial score (nSPS) is 25.7. The van der Waals surface area contributed by atoms with Crippen LogP contribution in [-0.4, -0.2) is 13.2 Å². The van der Waals surface area contributed by atoms with Crippen LogP contribution in [0.5, 0.6) is 11.5 Å². The Labute approximate surface area is 111 Å². The fourth-order valence-corrected chi connectivity index (χ4v) is 2.75. The monoisotopic (exact) mass is 265 g/mol. The maximum atomic E-state index is 6.31. The van der Waals surface area contributed by atoms with Crippen LogP contribution < -0.4 is 15.2 Å². The van der Waals surface area contributed by atoms with Gasteiger partial charge in [0.15, 0.2) is 11.5 Å². The van der Waals surface area contributed by atoms with E-state index in [1.165, 1.54) is 12.8 Å². The Bertz CT molecular complexity index is 521. The summed E-state index contributed by atoms with van der Waals surface area (Å²) >= 11 is 6.31. The van der Waals surface area contributed by atoms with E-state index in [9.17, 15) is 0 Å². The van der Waals surface area contributed by atoms with Gasteiger partial charge < -0.3 is 15.2 Å². The predicted octanol–water partition coefficient (Wildman–Crippen LogP) is 2.84. The van der Waals surface area contributed by atoms with Crippen molar-refractivity contribution in [3.63, 3.8) is 0 Å². The molecule has 2 N–H and O–H groups in total. The molecule has 0 radical (unpaired) electrons. The number of fused-ring (bicyclic) bond motifs is 1. The third-order valence-corrected chi connectivity index (χ3v) is 4.67. The molecule has 0 atom stereocenters. The number of hydrogen-bond donors (Lipinski definition) is 1. The maximum absolute atomic E-state index is 6.31. The first kappa shape index (κ1) is 10.9. The standard InChI is InChI=1S/C14H16ClNO2/c15-10-5-9(14(16)3-4-14)6-11-12(10)18-8-13(1-2-13)7-17-11/h5-6H,1-4,7-8,16H2. The predicted molar refractivity (Wildman–Crippen MR) is 69.2 cm³/mol. The van der Waals surface area contributed by atoms with Crippen LogP contribution in [0.25, 0.3) is 0 Å². The van der Waals surface area contributed by atoms with Crippen molar-refractivity contribution in [3.8, 4) is 11.5 Å². The number of hydrogen-bond acceptors (Lipinski definition) is 3. The molecule has 2 fully saturated rings. The van der Waals surface area contributed by atoms with Gasteiger partial charge in [-0.05, 0) is 43.4 Å². The topological polar surface area (TPSA) is 44.5 Å². The van der Waals surface area contributed by atoms with E-state index in [-0.39, 0.29) is 11.0 Å². The van der Waals surface area contributed by atoms with E-state index in [1.54, 1.807) is 0 Å². The van der Waals surface area contributed by atoms with Crippen LogP contribution in [0.2, 0.25) is 5.02 Å². The minimum absolute atomic E-state index is 0.189. The molecule has 0 saturated heterocycles. The molecule has 4 rings (SSSR count). The van der Waals surface area contributed by atoms with Gasteiger partial charge in [0, 0.05) is 11.0 Å². The Morgan fingerprint density at radius 2 is 1.78 bits per heavy atom. The highest BCUT2D eigenvalue weighted by Crippen LogP contribution is 2.52. The molecule has 1 heterocycles. The third-order valence-electron chi connectivity index (χ3n) is 4.39. The van der Waals surface area contributed by atoms with Gasteiger partial charge >= 0.3 is 0 Å². The van der Waals surface area contributed by atoms with Crippen LogP contribution in [0.4, 0.5) is 0 Å². The van der Waals surface area contributed by atoms with Crippen molar-refractivity contribution in [2.75, 3.05) is 13.2 Å². The minimum atomic E-state index is -0.189. The van der Waals surface area contributed by atoms with Crippen molar-refractivity contribution in [1.82, 2.24) is 0 Å². The van der Waals surface area contributed by atoms with Gasteiger partial charge in [-0.3, -0.25) is 0 Å². The van der Waals surface area contributed by atoms with E-state index in [0.717, 1.165) is 30.8 Å². The van der Waals surface area contributed by atoms with E-state index in [0.29, 0.717) is 17.4 Å². The molecule has 3 aliphatic rings.